The van der Waals surface area contributed by atoms with Gasteiger partial charge >= 0.3 is 5.97 Å². The molecule has 1 aliphatic carbocycles. The maximum absolute atomic E-state index is 11.7. The van der Waals surface area contributed by atoms with Gasteiger partial charge in [-0.25, -0.2) is 0 Å². The van der Waals surface area contributed by atoms with Crippen molar-refractivity contribution in [3.63, 3.8) is 0 Å². The molecule has 1 aliphatic heterocycles. The Hall–Kier alpha value is -3.01. The van der Waals surface area contributed by atoms with Crippen LogP contribution in [0.2, 0.25) is 0 Å². The minimum absolute atomic E-state index is 0.243. The van der Waals surface area contributed by atoms with Gasteiger partial charge in [-0.05, 0) is 40.6 Å². The Morgan fingerprint density at radius 2 is 1.89 bits per heavy atom. The summed E-state index contributed by atoms with van der Waals surface area (Å²) in [4.78, 5) is 11.7. The first kappa shape index (κ1) is 16.2. The van der Waals surface area contributed by atoms with Gasteiger partial charge in [-0.3, -0.25) is 4.79 Å². The zero-order chi connectivity index (χ0) is 18.5. The number of esters is 1. The molecule has 4 nitrogen and oxygen atoms in total. The molecule has 5 rings (SSSR count). The monoisotopic (exact) mass is 360 g/mol. The summed E-state index contributed by atoms with van der Waals surface area (Å²) in [5.41, 5.74) is 4.76. The zero-order valence-corrected chi connectivity index (χ0v) is 15.4. The first-order chi connectivity index (χ1) is 13.2. The number of benzene rings is 3. The molecule has 0 radical (unpaired) electrons. The van der Waals surface area contributed by atoms with E-state index in [1.807, 2.05) is 30.3 Å². The molecule has 4 heteroatoms. The van der Waals surface area contributed by atoms with Gasteiger partial charge in [0.2, 0.25) is 6.79 Å². The number of ether oxygens (including phenoxy) is 3. The number of rotatable bonds is 3. The van der Waals surface area contributed by atoms with Crippen molar-refractivity contribution >= 4 is 16.7 Å². The van der Waals surface area contributed by atoms with Gasteiger partial charge in [-0.2, -0.15) is 0 Å². The minimum atomic E-state index is -0.311. The fourth-order valence-corrected chi connectivity index (χ4v) is 4.50. The van der Waals surface area contributed by atoms with Crippen LogP contribution in [0.1, 0.15) is 43.7 Å². The largest absolute Gasteiger partial charge is 0.454 e. The summed E-state index contributed by atoms with van der Waals surface area (Å²) in [5.74, 6) is 2.21. The highest BCUT2D eigenvalue weighted by Gasteiger charge is 2.36. The molecule has 0 aromatic heterocycles. The summed E-state index contributed by atoms with van der Waals surface area (Å²) in [6.45, 7) is 3.90. The molecule has 0 amide bonds. The molecular weight excluding hydrogens is 340 g/mol. The molecule has 1 unspecified atom stereocenters. The molecule has 2 aliphatic rings. The van der Waals surface area contributed by atoms with E-state index in [1.54, 1.807) is 0 Å². The third-order valence-corrected chi connectivity index (χ3v) is 5.44. The molecule has 0 spiro atoms. The number of hydrogen-bond acceptors (Lipinski definition) is 4. The normalized spacial score (nSPS) is 16.3. The molecule has 0 bridgehead atoms. The van der Waals surface area contributed by atoms with E-state index in [0.29, 0.717) is 5.75 Å². The first-order valence-corrected chi connectivity index (χ1v) is 9.36. The third-order valence-electron chi connectivity index (χ3n) is 5.44. The first-order valence-electron chi connectivity index (χ1n) is 9.36. The molecule has 0 saturated heterocycles. The zero-order valence-electron chi connectivity index (χ0n) is 15.4. The Bertz CT molecular complexity index is 1080. The van der Waals surface area contributed by atoms with Crippen molar-refractivity contribution in [2.24, 2.45) is 0 Å². The van der Waals surface area contributed by atoms with Gasteiger partial charge in [-0.1, -0.05) is 43.7 Å². The standard InChI is InChI=1S/C23H20O4/c1-3-6-17-21-15-8-5-4-7-14(15)20(27-13(2)24)11-18(21)16-9-10-19-23(22(16)17)26-12-25-19/h4-5,7-11,17H,3,6,12H2,1-2H3. The summed E-state index contributed by atoms with van der Waals surface area (Å²) >= 11 is 0. The Kier molecular flexibility index (Phi) is 3.61. The maximum atomic E-state index is 11.7. The highest BCUT2D eigenvalue weighted by Crippen LogP contribution is 2.57. The summed E-state index contributed by atoms with van der Waals surface area (Å²) in [6.07, 6.45) is 2.09. The van der Waals surface area contributed by atoms with Crippen molar-refractivity contribution in [3.05, 3.63) is 53.6 Å². The Labute approximate surface area is 157 Å². The molecule has 1 heterocycles. The highest BCUT2D eigenvalue weighted by molar-refractivity contribution is 6.01. The molecule has 0 fully saturated rings. The lowest BCUT2D eigenvalue weighted by Gasteiger charge is -2.17. The predicted octanol–water partition coefficient (Wildman–Crippen LogP) is 5.41. The van der Waals surface area contributed by atoms with Gasteiger partial charge in [-0.15, -0.1) is 0 Å². The fraction of sp³-hybridized carbons (Fsp3) is 0.261. The maximum Gasteiger partial charge on any atom is 0.308 e. The number of hydrogen-bond donors (Lipinski definition) is 0. The van der Waals surface area contributed by atoms with Gasteiger partial charge in [0.1, 0.15) is 5.75 Å². The topological polar surface area (TPSA) is 44.8 Å². The Balaban J connectivity index is 1.84. The third kappa shape index (κ3) is 2.33. The second kappa shape index (κ2) is 6.02. The van der Waals surface area contributed by atoms with Gasteiger partial charge in [0.15, 0.2) is 11.5 Å². The van der Waals surface area contributed by atoms with Crippen LogP contribution in [0.15, 0.2) is 42.5 Å². The quantitative estimate of drug-likeness (QED) is 0.463. The van der Waals surface area contributed by atoms with Crippen LogP contribution in [0.5, 0.6) is 17.2 Å². The predicted molar refractivity (Wildman–Crippen MR) is 104 cm³/mol. The van der Waals surface area contributed by atoms with E-state index in [4.69, 9.17) is 14.2 Å². The van der Waals surface area contributed by atoms with Gasteiger partial charge in [0.25, 0.3) is 0 Å². The Morgan fingerprint density at radius 3 is 2.67 bits per heavy atom. The SMILES string of the molecule is CCCC1c2c(ccc3c2OCO3)-c2cc(OC(C)=O)c3ccccc3c21. The van der Waals surface area contributed by atoms with Crippen molar-refractivity contribution < 1.29 is 19.0 Å². The van der Waals surface area contributed by atoms with Crippen LogP contribution in [0.3, 0.4) is 0 Å². The average molecular weight is 360 g/mol. The number of fused-ring (bicyclic) bond motifs is 7. The van der Waals surface area contributed by atoms with Crippen molar-refractivity contribution in [1.82, 2.24) is 0 Å². The lowest BCUT2D eigenvalue weighted by atomic mass is 9.88. The van der Waals surface area contributed by atoms with Crippen LogP contribution >= 0.6 is 0 Å². The van der Waals surface area contributed by atoms with E-state index in [-0.39, 0.29) is 18.7 Å². The van der Waals surface area contributed by atoms with Gasteiger partial charge in [0.05, 0.1) is 0 Å². The molecule has 27 heavy (non-hydrogen) atoms. The van der Waals surface area contributed by atoms with E-state index < -0.39 is 0 Å². The molecule has 0 saturated carbocycles. The smallest absolute Gasteiger partial charge is 0.308 e. The van der Waals surface area contributed by atoms with E-state index in [9.17, 15) is 4.79 Å². The second-order valence-corrected chi connectivity index (χ2v) is 7.08. The molecule has 0 N–H and O–H groups in total. The van der Waals surface area contributed by atoms with Gasteiger partial charge in [0, 0.05) is 23.8 Å². The lowest BCUT2D eigenvalue weighted by molar-refractivity contribution is -0.131. The minimum Gasteiger partial charge on any atom is -0.454 e. The van der Waals surface area contributed by atoms with E-state index in [1.165, 1.54) is 18.1 Å². The van der Waals surface area contributed by atoms with Crippen LogP contribution < -0.4 is 14.2 Å². The molecule has 1 atom stereocenters. The van der Waals surface area contributed by atoms with E-state index in [2.05, 4.69) is 19.1 Å². The van der Waals surface area contributed by atoms with Crippen LogP contribution in [0.25, 0.3) is 21.9 Å². The fourth-order valence-electron chi connectivity index (χ4n) is 4.50. The highest BCUT2D eigenvalue weighted by atomic mass is 16.7. The van der Waals surface area contributed by atoms with Crippen molar-refractivity contribution in [3.8, 4) is 28.4 Å². The molecule has 3 aromatic carbocycles. The van der Waals surface area contributed by atoms with Crippen molar-refractivity contribution in [2.45, 2.75) is 32.6 Å². The molecule has 136 valence electrons. The second-order valence-electron chi connectivity index (χ2n) is 7.08. The summed E-state index contributed by atoms with van der Waals surface area (Å²) in [5, 5.41) is 2.10. The van der Waals surface area contributed by atoms with Crippen LogP contribution in [0.4, 0.5) is 0 Å². The van der Waals surface area contributed by atoms with E-state index >= 15 is 0 Å². The van der Waals surface area contributed by atoms with Crippen LogP contribution in [-0.4, -0.2) is 12.8 Å². The number of carbonyl (C=O) groups is 1. The van der Waals surface area contributed by atoms with Crippen LogP contribution in [-0.2, 0) is 4.79 Å². The summed E-state index contributed by atoms with van der Waals surface area (Å²) in [7, 11) is 0. The molecular formula is C23H20O4. The molecule has 3 aromatic rings. The number of carbonyl (C=O) groups excluding carboxylic acids is 1. The lowest BCUT2D eigenvalue weighted by Crippen LogP contribution is -2.03. The van der Waals surface area contributed by atoms with E-state index in [0.717, 1.165) is 46.2 Å². The summed E-state index contributed by atoms with van der Waals surface area (Å²) in [6, 6.07) is 14.2. The Morgan fingerprint density at radius 1 is 1.07 bits per heavy atom. The summed E-state index contributed by atoms with van der Waals surface area (Å²) < 4.78 is 17.0. The van der Waals surface area contributed by atoms with Gasteiger partial charge < -0.3 is 14.2 Å². The van der Waals surface area contributed by atoms with Crippen LogP contribution in [0, 0.1) is 0 Å². The van der Waals surface area contributed by atoms with Crippen molar-refractivity contribution in [2.75, 3.05) is 6.79 Å². The average Bonchev–Trinajstić information content (AvgIpc) is 3.25. The van der Waals surface area contributed by atoms with Crippen molar-refractivity contribution in [1.29, 1.82) is 0 Å².